The zero-order valence-corrected chi connectivity index (χ0v) is 30.9. The van der Waals surface area contributed by atoms with Crippen LogP contribution in [0.25, 0.3) is 121 Å². The van der Waals surface area contributed by atoms with Crippen LogP contribution in [0, 0.1) is 0 Å². The lowest BCUT2D eigenvalue weighted by molar-refractivity contribution is 0.667. The monoisotopic (exact) mass is 749 g/mol. The van der Waals surface area contributed by atoms with Gasteiger partial charge in [0, 0.05) is 58.6 Å². The second-order valence-electron chi connectivity index (χ2n) is 14.0. The Balaban J connectivity index is 1.03. The van der Waals surface area contributed by atoms with Crippen molar-refractivity contribution >= 4 is 75.5 Å². The molecule has 0 bridgehead atoms. The van der Waals surface area contributed by atoms with Crippen LogP contribution in [-0.4, -0.2) is 24.9 Å². The minimum Gasteiger partial charge on any atom is -0.455 e. The fraction of sp³-hybridized carbons (Fsp3) is 0. The van der Waals surface area contributed by atoms with Crippen molar-refractivity contribution in [2.45, 2.75) is 0 Å². The highest BCUT2D eigenvalue weighted by molar-refractivity contribution is 7.25. The summed E-state index contributed by atoms with van der Waals surface area (Å²) in [5.41, 5.74) is 8.75. The highest BCUT2D eigenvalue weighted by Gasteiger charge is 2.21. The van der Waals surface area contributed by atoms with Gasteiger partial charge in [0.05, 0.1) is 5.56 Å². The zero-order chi connectivity index (χ0) is 37.5. The van der Waals surface area contributed by atoms with Crippen LogP contribution in [0.4, 0.5) is 0 Å². The predicted octanol–water partition coefficient (Wildman–Crippen LogP) is 13.2. The summed E-state index contributed by atoms with van der Waals surface area (Å²) >= 11 is 1.79. The SMILES string of the molecule is c1ccc(-c2nc(-c3ccc4sc5ccccc5c4c3)nc(-c3cccc4c3oc3cc(-c5nc(-c6ccccc6)c6oc7ccccc7c6n5)ccc34)n2)cc1. The Morgan fingerprint density at radius 2 is 0.982 bits per heavy atom. The molecule has 0 aliphatic carbocycles. The number of rotatable bonds is 5. The van der Waals surface area contributed by atoms with E-state index in [4.69, 9.17) is 33.8 Å². The Kier molecular flexibility index (Phi) is 6.96. The summed E-state index contributed by atoms with van der Waals surface area (Å²) in [6.07, 6.45) is 0. The van der Waals surface area contributed by atoms with E-state index in [0.29, 0.717) is 40.0 Å². The minimum absolute atomic E-state index is 0.534. The number of nitrogens with zero attached hydrogens (tertiary/aromatic N) is 5. The molecule has 57 heavy (non-hydrogen) atoms. The van der Waals surface area contributed by atoms with Crippen LogP contribution in [0.1, 0.15) is 0 Å². The van der Waals surface area contributed by atoms with E-state index in [0.717, 1.165) is 60.8 Å². The fourth-order valence-electron chi connectivity index (χ4n) is 7.83. The van der Waals surface area contributed by atoms with E-state index in [1.54, 1.807) is 11.3 Å². The van der Waals surface area contributed by atoms with E-state index < -0.39 is 0 Å². The summed E-state index contributed by atoms with van der Waals surface area (Å²) in [7, 11) is 0. The summed E-state index contributed by atoms with van der Waals surface area (Å²) in [5.74, 6) is 2.31. The van der Waals surface area contributed by atoms with Gasteiger partial charge in [-0.3, -0.25) is 0 Å². The summed E-state index contributed by atoms with van der Waals surface area (Å²) in [6, 6.07) is 55.4. The third kappa shape index (κ3) is 5.15. The van der Waals surface area contributed by atoms with Crippen molar-refractivity contribution in [3.63, 3.8) is 0 Å². The quantitative estimate of drug-likeness (QED) is 0.173. The first kappa shape index (κ1) is 31.8. The van der Waals surface area contributed by atoms with Crippen LogP contribution in [0.2, 0.25) is 0 Å². The van der Waals surface area contributed by atoms with Crippen LogP contribution < -0.4 is 0 Å². The number of hydrogen-bond donors (Lipinski definition) is 0. The van der Waals surface area contributed by atoms with Crippen molar-refractivity contribution in [3.05, 3.63) is 164 Å². The van der Waals surface area contributed by atoms with Crippen LogP contribution in [-0.2, 0) is 0 Å². The average Bonchev–Trinajstić information content (AvgIpc) is 3.97. The van der Waals surface area contributed by atoms with Gasteiger partial charge < -0.3 is 8.83 Å². The Labute approximate surface area is 328 Å². The van der Waals surface area contributed by atoms with Crippen LogP contribution >= 0.6 is 11.3 Å². The second-order valence-corrected chi connectivity index (χ2v) is 15.1. The number of thiophene rings is 1. The van der Waals surface area contributed by atoms with Gasteiger partial charge in [-0.15, -0.1) is 11.3 Å². The molecule has 0 saturated carbocycles. The van der Waals surface area contributed by atoms with Crippen molar-refractivity contribution in [1.29, 1.82) is 0 Å². The topological polar surface area (TPSA) is 90.7 Å². The lowest BCUT2D eigenvalue weighted by Gasteiger charge is -2.09. The molecule has 0 aliphatic rings. The summed E-state index contributed by atoms with van der Waals surface area (Å²) < 4.78 is 15.6. The third-order valence-corrected chi connectivity index (χ3v) is 11.7. The molecule has 7 nitrogen and oxygen atoms in total. The van der Waals surface area contributed by atoms with Gasteiger partial charge >= 0.3 is 0 Å². The normalized spacial score (nSPS) is 11.9. The molecule has 0 aliphatic heterocycles. The molecule has 5 aromatic heterocycles. The van der Waals surface area contributed by atoms with Gasteiger partial charge in [-0.1, -0.05) is 109 Å². The Morgan fingerprint density at radius 1 is 0.351 bits per heavy atom. The molecular formula is C49H27N5O2S. The van der Waals surface area contributed by atoms with Gasteiger partial charge in [0.2, 0.25) is 0 Å². The molecule has 7 aromatic carbocycles. The van der Waals surface area contributed by atoms with Crippen molar-refractivity contribution < 1.29 is 8.83 Å². The fourth-order valence-corrected chi connectivity index (χ4v) is 8.92. The number of benzene rings is 7. The standard InChI is InChI=1S/C49H27N5O2S/c1-3-12-28(13-4-1)42-45-43(35-17-7-9-20-38(35)55-45)51-47(50-42)31-22-24-32-34-18-11-19-36(44(34)56-39(32)27-31)49-53-46(29-14-5-2-6-15-29)52-48(54-49)30-23-25-41-37(26-30)33-16-8-10-21-40(33)57-41/h1-27H. The van der Waals surface area contributed by atoms with Crippen molar-refractivity contribution in [1.82, 2.24) is 24.9 Å². The Bertz CT molecular complexity index is 3540. The largest absolute Gasteiger partial charge is 0.455 e. The van der Waals surface area contributed by atoms with E-state index >= 15 is 0 Å². The third-order valence-electron chi connectivity index (χ3n) is 10.6. The molecule has 12 aromatic rings. The van der Waals surface area contributed by atoms with E-state index in [2.05, 4.69) is 60.7 Å². The first-order valence-corrected chi connectivity index (χ1v) is 19.5. The number of hydrogen-bond acceptors (Lipinski definition) is 8. The average molecular weight is 750 g/mol. The second kappa shape index (κ2) is 12.5. The van der Waals surface area contributed by atoms with E-state index in [-0.39, 0.29) is 0 Å². The molecule has 0 saturated heterocycles. The predicted molar refractivity (Wildman–Crippen MR) is 230 cm³/mol. The number of aromatic nitrogens is 5. The smallest absolute Gasteiger partial charge is 0.180 e. The van der Waals surface area contributed by atoms with Crippen molar-refractivity contribution in [2.24, 2.45) is 0 Å². The van der Waals surface area contributed by atoms with E-state index in [1.165, 1.54) is 20.2 Å². The molecular weight excluding hydrogens is 723 g/mol. The van der Waals surface area contributed by atoms with Crippen molar-refractivity contribution in [3.8, 4) is 56.8 Å². The molecule has 266 valence electrons. The van der Waals surface area contributed by atoms with Gasteiger partial charge in [0.25, 0.3) is 0 Å². The van der Waals surface area contributed by atoms with E-state index in [1.807, 2.05) is 103 Å². The Morgan fingerprint density at radius 3 is 1.84 bits per heavy atom. The maximum Gasteiger partial charge on any atom is 0.180 e. The molecule has 0 unspecified atom stereocenters. The van der Waals surface area contributed by atoms with Gasteiger partial charge in [-0.25, -0.2) is 24.9 Å². The number of furan rings is 2. The molecule has 0 radical (unpaired) electrons. The Hall–Kier alpha value is -7.55. The maximum absolute atomic E-state index is 6.77. The molecule has 0 fully saturated rings. The summed E-state index contributed by atoms with van der Waals surface area (Å²) in [4.78, 5) is 25.4. The minimum atomic E-state index is 0.534. The summed E-state index contributed by atoms with van der Waals surface area (Å²) in [6.45, 7) is 0. The van der Waals surface area contributed by atoms with E-state index in [9.17, 15) is 0 Å². The first-order valence-electron chi connectivity index (χ1n) is 18.7. The van der Waals surface area contributed by atoms with Gasteiger partial charge in [-0.2, -0.15) is 0 Å². The molecule has 0 N–H and O–H groups in total. The molecule has 0 amide bonds. The molecule has 0 atom stereocenters. The van der Waals surface area contributed by atoms with Gasteiger partial charge in [0.15, 0.2) is 28.9 Å². The number of fused-ring (bicyclic) bond motifs is 9. The molecule has 12 rings (SSSR count). The number of para-hydroxylation sites is 2. The van der Waals surface area contributed by atoms with Gasteiger partial charge in [0.1, 0.15) is 28.0 Å². The highest BCUT2D eigenvalue weighted by Crippen LogP contribution is 2.40. The van der Waals surface area contributed by atoms with Crippen LogP contribution in [0.5, 0.6) is 0 Å². The lowest BCUT2D eigenvalue weighted by Crippen LogP contribution is -2.00. The lowest BCUT2D eigenvalue weighted by atomic mass is 10.1. The molecule has 0 spiro atoms. The summed E-state index contributed by atoms with van der Waals surface area (Å²) in [5, 5.41) is 5.29. The molecule has 5 heterocycles. The maximum atomic E-state index is 6.77. The van der Waals surface area contributed by atoms with Gasteiger partial charge in [-0.05, 0) is 54.6 Å². The van der Waals surface area contributed by atoms with Crippen LogP contribution in [0.3, 0.4) is 0 Å². The molecule has 8 heteroatoms. The van der Waals surface area contributed by atoms with Crippen molar-refractivity contribution in [2.75, 3.05) is 0 Å². The highest BCUT2D eigenvalue weighted by atomic mass is 32.1. The van der Waals surface area contributed by atoms with Crippen LogP contribution in [0.15, 0.2) is 173 Å². The first-order chi connectivity index (χ1) is 28.2. The zero-order valence-electron chi connectivity index (χ0n) is 30.0.